The average molecular weight is 373 g/mol. The standard InChI is InChI=1S/C23H23N3O2/c1-17-20(12-13-21(25-17)19-10-6-3-7-11-19)23(28)26(15-14-22(24)27)16-18-8-4-2-5-9-18/h2-13H,14-16H2,1H3,(H2,24,27). The molecule has 0 aliphatic heterocycles. The second-order valence-electron chi connectivity index (χ2n) is 6.62. The number of rotatable bonds is 7. The number of amides is 2. The van der Waals surface area contributed by atoms with Gasteiger partial charge in [-0.25, -0.2) is 0 Å². The van der Waals surface area contributed by atoms with Gasteiger partial charge in [-0.1, -0.05) is 60.7 Å². The first-order chi connectivity index (χ1) is 13.5. The lowest BCUT2D eigenvalue weighted by Gasteiger charge is -2.23. The van der Waals surface area contributed by atoms with E-state index in [4.69, 9.17) is 5.73 Å². The first-order valence-corrected chi connectivity index (χ1v) is 9.19. The van der Waals surface area contributed by atoms with Crippen LogP contribution in [0.4, 0.5) is 0 Å². The third-order valence-corrected chi connectivity index (χ3v) is 4.52. The second kappa shape index (κ2) is 8.95. The topological polar surface area (TPSA) is 76.3 Å². The molecule has 0 bridgehead atoms. The molecule has 0 saturated carbocycles. The highest BCUT2D eigenvalue weighted by atomic mass is 16.2. The Morgan fingerprint density at radius 1 is 0.929 bits per heavy atom. The number of nitrogens with two attached hydrogens (primary N) is 1. The molecule has 2 N–H and O–H groups in total. The molecule has 28 heavy (non-hydrogen) atoms. The number of carbonyl (C=O) groups is 2. The molecule has 0 saturated heterocycles. The summed E-state index contributed by atoms with van der Waals surface area (Å²) in [6, 6.07) is 23.2. The Morgan fingerprint density at radius 3 is 2.18 bits per heavy atom. The van der Waals surface area contributed by atoms with Crippen molar-refractivity contribution in [3.63, 3.8) is 0 Å². The average Bonchev–Trinajstić information content (AvgIpc) is 2.72. The van der Waals surface area contributed by atoms with E-state index < -0.39 is 5.91 Å². The predicted octanol–water partition coefficient (Wildman–Crippen LogP) is 3.57. The van der Waals surface area contributed by atoms with Crippen LogP contribution >= 0.6 is 0 Å². The minimum absolute atomic E-state index is 0.118. The zero-order valence-electron chi connectivity index (χ0n) is 15.8. The van der Waals surface area contributed by atoms with E-state index in [0.717, 1.165) is 16.8 Å². The monoisotopic (exact) mass is 373 g/mol. The van der Waals surface area contributed by atoms with E-state index in [1.165, 1.54) is 0 Å². The van der Waals surface area contributed by atoms with Crippen molar-refractivity contribution in [2.24, 2.45) is 5.73 Å². The highest BCUT2D eigenvalue weighted by molar-refractivity contribution is 5.95. The van der Waals surface area contributed by atoms with E-state index >= 15 is 0 Å². The van der Waals surface area contributed by atoms with Crippen molar-refractivity contribution in [3.05, 3.63) is 89.6 Å². The summed E-state index contributed by atoms with van der Waals surface area (Å²) in [6.07, 6.45) is 0.118. The smallest absolute Gasteiger partial charge is 0.256 e. The number of aromatic nitrogens is 1. The molecule has 5 nitrogen and oxygen atoms in total. The first kappa shape index (κ1) is 19.3. The number of hydrogen-bond acceptors (Lipinski definition) is 3. The van der Waals surface area contributed by atoms with Crippen molar-refractivity contribution in [3.8, 4) is 11.3 Å². The fraction of sp³-hybridized carbons (Fsp3) is 0.174. The molecule has 0 spiro atoms. The third kappa shape index (κ3) is 4.82. The molecule has 1 heterocycles. The highest BCUT2D eigenvalue weighted by Crippen LogP contribution is 2.20. The summed E-state index contributed by atoms with van der Waals surface area (Å²) >= 11 is 0. The summed E-state index contributed by atoms with van der Waals surface area (Å²) in [4.78, 5) is 30.7. The minimum atomic E-state index is -0.430. The van der Waals surface area contributed by atoms with Gasteiger partial charge in [0.05, 0.1) is 17.0 Å². The molecule has 3 rings (SSSR count). The van der Waals surface area contributed by atoms with E-state index in [2.05, 4.69) is 4.98 Å². The van der Waals surface area contributed by atoms with Crippen LogP contribution in [0, 0.1) is 6.92 Å². The Bertz CT molecular complexity index is 956. The lowest BCUT2D eigenvalue weighted by molar-refractivity contribution is -0.118. The summed E-state index contributed by atoms with van der Waals surface area (Å²) in [5.41, 5.74) is 9.29. The molecule has 0 aliphatic rings. The van der Waals surface area contributed by atoms with Crippen LogP contribution in [0.15, 0.2) is 72.8 Å². The molecular formula is C23H23N3O2. The van der Waals surface area contributed by atoms with Crippen LogP contribution < -0.4 is 5.73 Å². The summed E-state index contributed by atoms with van der Waals surface area (Å²) in [5.74, 6) is -0.588. The van der Waals surface area contributed by atoms with E-state index in [9.17, 15) is 9.59 Å². The van der Waals surface area contributed by atoms with Gasteiger partial charge in [0, 0.05) is 25.1 Å². The molecule has 0 unspecified atom stereocenters. The van der Waals surface area contributed by atoms with Gasteiger partial charge in [0.2, 0.25) is 5.91 Å². The van der Waals surface area contributed by atoms with Crippen LogP contribution in [0.3, 0.4) is 0 Å². The summed E-state index contributed by atoms with van der Waals surface area (Å²) < 4.78 is 0. The van der Waals surface area contributed by atoms with Crippen LogP contribution in [0.2, 0.25) is 0 Å². The van der Waals surface area contributed by atoms with Crippen molar-refractivity contribution >= 4 is 11.8 Å². The second-order valence-corrected chi connectivity index (χ2v) is 6.62. The SMILES string of the molecule is Cc1nc(-c2ccccc2)ccc1C(=O)N(CCC(N)=O)Cc1ccccc1. The Morgan fingerprint density at radius 2 is 1.57 bits per heavy atom. The number of primary amides is 1. The van der Waals surface area contributed by atoms with Crippen molar-refractivity contribution in [1.29, 1.82) is 0 Å². The van der Waals surface area contributed by atoms with Crippen LogP contribution in [0.5, 0.6) is 0 Å². The van der Waals surface area contributed by atoms with E-state index in [0.29, 0.717) is 17.8 Å². The number of aryl methyl sites for hydroxylation is 1. The van der Waals surface area contributed by atoms with Crippen LogP contribution in [0.25, 0.3) is 11.3 Å². The number of pyridine rings is 1. The van der Waals surface area contributed by atoms with Gasteiger partial charge in [0.25, 0.3) is 5.91 Å². The van der Waals surface area contributed by atoms with E-state index in [1.807, 2.05) is 73.7 Å². The van der Waals surface area contributed by atoms with E-state index in [-0.39, 0.29) is 18.9 Å². The van der Waals surface area contributed by atoms with Crippen LogP contribution in [0.1, 0.15) is 28.0 Å². The molecule has 3 aromatic rings. The first-order valence-electron chi connectivity index (χ1n) is 9.19. The molecule has 1 aromatic heterocycles. The van der Waals surface area contributed by atoms with Gasteiger partial charge >= 0.3 is 0 Å². The summed E-state index contributed by atoms with van der Waals surface area (Å²) in [7, 11) is 0. The Kier molecular flexibility index (Phi) is 6.17. The molecule has 142 valence electrons. The number of hydrogen-bond donors (Lipinski definition) is 1. The van der Waals surface area contributed by atoms with Crippen molar-refractivity contribution in [2.75, 3.05) is 6.54 Å². The van der Waals surface area contributed by atoms with E-state index in [1.54, 1.807) is 11.0 Å². The Labute approximate surface area is 164 Å². The molecule has 0 aliphatic carbocycles. The van der Waals surface area contributed by atoms with Crippen molar-refractivity contribution in [2.45, 2.75) is 19.9 Å². The summed E-state index contributed by atoms with van der Waals surface area (Å²) in [5, 5.41) is 0. The van der Waals surface area contributed by atoms with Gasteiger partial charge in [0.15, 0.2) is 0 Å². The van der Waals surface area contributed by atoms with Crippen molar-refractivity contribution < 1.29 is 9.59 Å². The number of carbonyl (C=O) groups excluding carboxylic acids is 2. The Hall–Kier alpha value is -3.47. The fourth-order valence-electron chi connectivity index (χ4n) is 3.03. The quantitative estimate of drug-likeness (QED) is 0.688. The molecule has 5 heteroatoms. The van der Waals surface area contributed by atoms with Crippen LogP contribution in [-0.2, 0) is 11.3 Å². The van der Waals surface area contributed by atoms with Gasteiger partial charge in [-0.3, -0.25) is 14.6 Å². The molecule has 0 fully saturated rings. The maximum Gasteiger partial charge on any atom is 0.256 e. The zero-order valence-corrected chi connectivity index (χ0v) is 15.8. The normalized spacial score (nSPS) is 10.5. The Balaban J connectivity index is 1.85. The van der Waals surface area contributed by atoms with Gasteiger partial charge in [0.1, 0.15) is 0 Å². The van der Waals surface area contributed by atoms with Gasteiger partial charge in [-0.2, -0.15) is 0 Å². The highest BCUT2D eigenvalue weighted by Gasteiger charge is 2.19. The van der Waals surface area contributed by atoms with Gasteiger partial charge < -0.3 is 10.6 Å². The predicted molar refractivity (Wildman–Crippen MR) is 109 cm³/mol. The number of nitrogens with zero attached hydrogens (tertiary/aromatic N) is 2. The largest absolute Gasteiger partial charge is 0.370 e. The zero-order chi connectivity index (χ0) is 19.9. The molecule has 2 aromatic carbocycles. The van der Waals surface area contributed by atoms with Gasteiger partial charge in [-0.05, 0) is 24.6 Å². The third-order valence-electron chi connectivity index (χ3n) is 4.52. The summed E-state index contributed by atoms with van der Waals surface area (Å²) in [6.45, 7) is 2.50. The molecule has 2 amide bonds. The van der Waals surface area contributed by atoms with Crippen LogP contribution in [-0.4, -0.2) is 28.2 Å². The molecule has 0 atom stereocenters. The van der Waals surface area contributed by atoms with Gasteiger partial charge in [-0.15, -0.1) is 0 Å². The molecular weight excluding hydrogens is 350 g/mol. The maximum atomic E-state index is 13.2. The lowest BCUT2D eigenvalue weighted by Crippen LogP contribution is -2.34. The lowest BCUT2D eigenvalue weighted by atomic mass is 10.1. The minimum Gasteiger partial charge on any atom is -0.370 e. The maximum absolute atomic E-state index is 13.2. The number of benzene rings is 2. The van der Waals surface area contributed by atoms with Crippen molar-refractivity contribution in [1.82, 2.24) is 9.88 Å². The fourth-order valence-corrected chi connectivity index (χ4v) is 3.03. The molecule has 0 radical (unpaired) electrons.